The lowest BCUT2D eigenvalue weighted by atomic mass is 10.2. The number of anilines is 1. The molecule has 0 fully saturated rings. The zero-order chi connectivity index (χ0) is 13.0. The molecule has 0 aliphatic rings. The number of nitrogens with zero attached hydrogens (tertiary/aromatic N) is 2. The van der Waals surface area contributed by atoms with Crippen LogP contribution in [0.5, 0.6) is 0 Å². The van der Waals surface area contributed by atoms with Crippen molar-refractivity contribution in [3.05, 3.63) is 54.9 Å². The Kier molecular flexibility index (Phi) is 3.63. The van der Waals surface area contributed by atoms with Crippen molar-refractivity contribution in [2.24, 2.45) is 0 Å². The fourth-order valence-electron chi connectivity index (χ4n) is 1.80. The van der Waals surface area contributed by atoms with E-state index in [1.165, 1.54) is 0 Å². The van der Waals surface area contributed by atoms with Crippen molar-refractivity contribution in [2.45, 2.75) is 13.8 Å². The minimum Gasteiger partial charge on any atom is -0.399 e. The topological polar surface area (TPSA) is 43.8 Å². The second-order valence-electron chi connectivity index (χ2n) is 3.69. The van der Waals surface area contributed by atoms with Crippen LogP contribution >= 0.6 is 0 Å². The summed E-state index contributed by atoms with van der Waals surface area (Å²) in [7, 11) is 0. The average molecular weight is 239 g/mol. The maximum Gasteiger partial charge on any atom is 0.100 e. The van der Waals surface area contributed by atoms with Crippen molar-refractivity contribution in [3.63, 3.8) is 0 Å². The van der Waals surface area contributed by atoms with Crippen molar-refractivity contribution in [3.8, 4) is 5.69 Å². The molecule has 0 radical (unpaired) electrons. The predicted molar refractivity (Wildman–Crippen MR) is 76.8 cm³/mol. The average Bonchev–Trinajstić information content (AvgIpc) is 2.86. The van der Waals surface area contributed by atoms with E-state index >= 15 is 0 Å². The number of nitrogen functional groups attached to an aromatic ring is 1. The quantitative estimate of drug-likeness (QED) is 0.659. The van der Waals surface area contributed by atoms with Gasteiger partial charge in [-0.2, -0.15) is 0 Å². The van der Waals surface area contributed by atoms with Crippen molar-refractivity contribution in [2.75, 3.05) is 5.73 Å². The summed E-state index contributed by atoms with van der Waals surface area (Å²) in [5.74, 6) is 0. The lowest BCUT2D eigenvalue weighted by molar-refractivity contribution is 1.09. The first-order chi connectivity index (χ1) is 8.84. The molecule has 2 aromatic carbocycles. The van der Waals surface area contributed by atoms with Gasteiger partial charge in [-0.05, 0) is 36.4 Å². The van der Waals surface area contributed by atoms with Crippen LogP contribution in [0.25, 0.3) is 16.7 Å². The summed E-state index contributed by atoms with van der Waals surface area (Å²) in [5.41, 5.74) is 9.61. The number of hydrogen-bond acceptors (Lipinski definition) is 2. The molecule has 0 amide bonds. The second kappa shape index (κ2) is 5.36. The number of para-hydroxylation sites is 2. The monoisotopic (exact) mass is 239 g/mol. The first kappa shape index (κ1) is 12.2. The summed E-state index contributed by atoms with van der Waals surface area (Å²) in [5, 5.41) is 0. The molecule has 0 saturated heterocycles. The molecule has 3 rings (SSSR count). The Morgan fingerprint density at radius 3 is 2.33 bits per heavy atom. The largest absolute Gasteiger partial charge is 0.399 e. The van der Waals surface area contributed by atoms with Gasteiger partial charge in [0.15, 0.2) is 0 Å². The van der Waals surface area contributed by atoms with E-state index in [4.69, 9.17) is 5.73 Å². The number of imidazole rings is 1. The Morgan fingerprint density at radius 2 is 1.61 bits per heavy atom. The van der Waals surface area contributed by atoms with Gasteiger partial charge in [-0.3, -0.25) is 4.57 Å². The molecule has 0 aliphatic heterocycles. The number of aromatic nitrogens is 2. The van der Waals surface area contributed by atoms with E-state index in [9.17, 15) is 0 Å². The Hall–Kier alpha value is -2.29. The molecule has 92 valence electrons. The molecule has 1 aromatic heterocycles. The number of fused-ring (bicyclic) bond motifs is 1. The molecule has 18 heavy (non-hydrogen) atoms. The summed E-state index contributed by atoms with van der Waals surface area (Å²) in [6.07, 6.45) is 1.83. The molecule has 0 atom stereocenters. The summed E-state index contributed by atoms with van der Waals surface area (Å²) in [4.78, 5) is 4.35. The van der Waals surface area contributed by atoms with Crippen LogP contribution in [0.4, 0.5) is 5.69 Å². The van der Waals surface area contributed by atoms with Crippen LogP contribution in [0.15, 0.2) is 54.9 Å². The summed E-state index contributed by atoms with van der Waals surface area (Å²) in [6, 6.07) is 15.8. The van der Waals surface area contributed by atoms with Crippen molar-refractivity contribution >= 4 is 16.7 Å². The Balaban J connectivity index is 0.000000574. The third kappa shape index (κ3) is 2.20. The third-order valence-electron chi connectivity index (χ3n) is 2.62. The number of hydrogen-bond donors (Lipinski definition) is 1. The van der Waals surface area contributed by atoms with Crippen LogP contribution in [-0.2, 0) is 0 Å². The van der Waals surface area contributed by atoms with E-state index in [-0.39, 0.29) is 0 Å². The molecule has 0 unspecified atom stereocenters. The third-order valence-corrected chi connectivity index (χ3v) is 2.62. The van der Waals surface area contributed by atoms with Gasteiger partial charge in [0.1, 0.15) is 6.33 Å². The molecule has 1 heterocycles. The molecule has 0 bridgehead atoms. The summed E-state index contributed by atoms with van der Waals surface area (Å²) >= 11 is 0. The Bertz CT molecular complexity index is 624. The molecule has 3 aromatic rings. The van der Waals surface area contributed by atoms with E-state index < -0.39 is 0 Å². The van der Waals surface area contributed by atoms with Crippen LogP contribution in [0, 0.1) is 0 Å². The van der Waals surface area contributed by atoms with Gasteiger partial charge >= 0.3 is 0 Å². The van der Waals surface area contributed by atoms with Crippen LogP contribution in [-0.4, -0.2) is 9.55 Å². The molecule has 0 saturated carbocycles. The van der Waals surface area contributed by atoms with Crippen molar-refractivity contribution in [1.29, 1.82) is 0 Å². The fourth-order valence-corrected chi connectivity index (χ4v) is 1.80. The smallest absolute Gasteiger partial charge is 0.100 e. The van der Waals surface area contributed by atoms with Crippen molar-refractivity contribution in [1.82, 2.24) is 9.55 Å². The van der Waals surface area contributed by atoms with Gasteiger partial charge in [0.25, 0.3) is 0 Å². The first-order valence-electron chi connectivity index (χ1n) is 6.12. The highest BCUT2D eigenvalue weighted by Gasteiger charge is 2.02. The number of rotatable bonds is 1. The molecule has 3 heteroatoms. The summed E-state index contributed by atoms with van der Waals surface area (Å²) in [6.45, 7) is 4.00. The summed E-state index contributed by atoms with van der Waals surface area (Å²) < 4.78 is 2.05. The molecule has 0 aliphatic carbocycles. The van der Waals surface area contributed by atoms with Gasteiger partial charge in [-0.25, -0.2) is 4.98 Å². The van der Waals surface area contributed by atoms with Gasteiger partial charge < -0.3 is 5.73 Å². The van der Waals surface area contributed by atoms with Gasteiger partial charge in [-0.1, -0.05) is 26.0 Å². The number of nitrogens with two attached hydrogens (primary N) is 1. The fraction of sp³-hybridized carbons (Fsp3) is 0.133. The van der Waals surface area contributed by atoms with Crippen LogP contribution in [0.2, 0.25) is 0 Å². The highest BCUT2D eigenvalue weighted by molar-refractivity contribution is 5.77. The van der Waals surface area contributed by atoms with Gasteiger partial charge in [-0.15, -0.1) is 0 Å². The lowest BCUT2D eigenvalue weighted by Crippen LogP contribution is -1.92. The van der Waals surface area contributed by atoms with E-state index in [2.05, 4.69) is 15.6 Å². The van der Waals surface area contributed by atoms with Crippen molar-refractivity contribution < 1.29 is 0 Å². The first-order valence-corrected chi connectivity index (χ1v) is 6.12. The Labute approximate surface area is 107 Å². The van der Waals surface area contributed by atoms with E-state index in [1.807, 2.05) is 62.6 Å². The lowest BCUT2D eigenvalue weighted by Gasteiger charge is -2.04. The zero-order valence-electron chi connectivity index (χ0n) is 10.7. The molecular weight excluding hydrogens is 222 g/mol. The normalized spacial score (nSPS) is 9.89. The van der Waals surface area contributed by atoms with Crippen LogP contribution in [0.3, 0.4) is 0 Å². The number of benzene rings is 2. The second-order valence-corrected chi connectivity index (χ2v) is 3.69. The van der Waals surface area contributed by atoms with Gasteiger partial charge in [0.2, 0.25) is 0 Å². The minimum absolute atomic E-state index is 0.771. The van der Waals surface area contributed by atoms with Gasteiger partial charge in [0.05, 0.1) is 11.0 Å². The van der Waals surface area contributed by atoms with E-state index in [0.717, 1.165) is 22.4 Å². The maximum atomic E-state index is 5.67. The minimum atomic E-state index is 0.771. The van der Waals surface area contributed by atoms with Crippen LogP contribution < -0.4 is 5.73 Å². The van der Waals surface area contributed by atoms with E-state index in [1.54, 1.807) is 0 Å². The van der Waals surface area contributed by atoms with Gasteiger partial charge in [0, 0.05) is 11.4 Å². The Morgan fingerprint density at radius 1 is 0.944 bits per heavy atom. The molecular formula is C15H17N3. The van der Waals surface area contributed by atoms with E-state index in [0.29, 0.717) is 0 Å². The SMILES string of the molecule is CC.Nc1ccc(-n2cnc3ccccc32)cc1. The standard InChI is InChI=1S/C13H11N3.C2H6/c14-10-5-7-11(8-6-10)16-9-15-12-3-1-2-4-13(12)16;1-2/h1-9H,14H2;1-2H3. The molecule has 2 N–H and O–H groups in total. The molecule has 3 nitrogen and oxygen atoms in total. The molecule has 0 spiro atoms. The van der Waals surface area contributed by atoms with Crippen LogP contribution in [0.1, 0.15) is 13.8 Å². The maximum absolute atomic E-state index is 5.67. The highest BCUT2D eigenvalue weighted by Crippen LogP contribution is 2.18. The highest BCUT2D eigenvalue weighted by atomic mass is 15.0. The predicted octanol–water partition coefficient (Wildman–Crippen LogP) is 3.63. The zero-order valence-corrected chi connectivity index (χ0v) is 10.7.